The van der Waals surface area contributed by atoms with E-state index in [0.717, 1.165) is 15.6 Å². The molecule has 0 spiro atoms. The lowest BCUT2D eigenvalue weighted by Gasteiger charge is -2.11. The van der Waals surface area contributed by atoms with E-state index in [0.29, 0.717) is 12.3 Å². The Morgan fingerprint density at radius 3 is 3.00 bits per heavy atom. The molecule has 3 nitrogen and oxygen atoms in total. The van der Waals surface area contributed by atoms with Crippen LogP contribution in [0.25, 0.3) is 0 Å². The molecular formula is C12H13ClN2OS2. The van der Waals surface area contributed by atoms with Crippen molar-refractivity contribution in [3.63, 3.8) is 0 Å². The molecule has 0 saturated carbocycles. The molecule has 0 aliphatic heterocycles. The fourth-order valence-corrected chi connectivity index (χ4v) is 3.29. The molecule has 2 aromatic rings. The summed E-state index contributed by atoms with van der Waals surface area (Å²) in [4.78, 5) is 17.3. The average Bonchev–Trinajstić information content (AvgIpc) is 2.98. The Hall–Kier alpha value is -0.910. The van der Waals surface area contributed by atoms with Gasteiger partial charge in [-0.1, -0.05) is 6.07 Å². The highest BCUT2D eigenvalue weighted by Gasteiger charge is 2.12. The molecule has 1 N–H and O–H groups in total. The van der Waals surface area contributed by atoms with E-state index < -0.39 is 0 Å². The zero-order valence-corrected chi connectivity index (χ0v) is 12.2. The van der Waals surface area contributed by atoms with E-state index in [4.69, 9.17) is 11.6 Å². The van der Waals surface area contributed by atoms with E-state index in [2.05, 4.69) is 10.3 Å². The number of nitrogens with one attached hydrogen (secondary N) is 1. The first kappa shape index (κ1) is 13.5. The summed E-state index contributed by atoms with van der Waals surface area (Å²) in [6, 6.07) is 4.05. The summed E-state index contributed by atoms with van der Waals surface area (Å²) in [5.41, 5.74) is 0.829. The number of aromatic nitrogens is 1. The Balaban J connectivity index is 1.88. The van der Waals surface area contributed by atoms with E-state index in [1.54, 1.807) is 11.3 Å². The Morgan fingerprint density at radius 1 is 1.56 bits per heavy atom. The van der Waals surface area contributed by atoms with Gasteiger partial charge in [0.25, 0.3) is 0 Å². The zero-order valence-electron chi connectivity index (χ0n) is 9.85. The van der Waals surface area contributed by atoms with Crippen LogP contribution in [0, 0.1) is 0 Å². The molecule has 2 heterocycles. The second kappa shape index (κ2) is 6.31. The minimum atomic E-state index is -0.00799. The molecule has 0 saturated heterocycles. The molecule has 1 atom stereocenters. The molecule has 0 aromatic carbocycles. The topological polar surface area (TPSA) is 42.0 Å². The van der Waals surface area contributed by atoms with E-state index in [1.807, 2.05) is 29.8 Å². The number of nitrogens with zero attached hydrogens (tertiary/aromatic N) is 1. The summed E-state index contributed by atoms with van der Waals surface area (Å²) in [6.07, 6.45) is 0.317. The second-order valence-electron chi connectivity index (χ2n) is 3.85. The minimum Gasteiger partial charge on any atom is -0.348 e. The quantitative estimate of drug-likeness (QED) is 0.860. The number of rotatable bonds is 5. The first-order valence-corrected chi connectivity index (χ1v) is 7.80. The summed E-state index contributed by atoms with van der Waals surface area (Å²) < 4.78 is 0. The number of thiazole rings is 1. The Kier molecular flexibility index (Phi) is 4.74. The van der Waals surface area contributed by atoms with Gasteiger partial charge < -0.3 is 5.32 Å². The third-order valence-electron chi connectivity index (χ3n) is 2.40. The predicted octanol–water partition coefficient (Wildman–Crippen LogP) is 3.36. The molecule has 2 rings (SSSR count). The second-order valence-corrected chi connectivity index (χ2v) is 6.04. The number of hydrogen-bond donors (Lipinski definition) is 1. The molecule has 0 fully saturated rings. The maximum Gasteiger partial charge on any atom is 0.227 e. The highest BCUT2D eigenvalue weighted by Crippen LogP contribution is 2.18. The molecule has 6 heteroatoms. The van der Waals surface area contributed by atoms with Crippen molar-refractivity contribution in [3.8, 4) is 0 Å². The van der Waals surface area contributed by atoms with E-state index in [-0.39, 0.29) is 11.9 Å². The number of carbonyl (C=O) groups is 1. The van der Waals surface area contributed by atoms with Crippen molar-refractivity contribution in [2.45, 2.75) is 25.3 Å². The monoisotopic (exact) mass is 300 g/mol. The maximum atomic E-state index is 11.8. The zero-order chi connectivity index (χ0) is 13.0. The van der Waals surface area contributed by atoms with Crippen LogP contribution in [0.15, 0.2) is 22.9 Å². The highest BCUT2D eigenvalue weighted by atomic mass is 35.5. The number of alkyl halides is 1. The minimum absolute atomic E-state index is 0.00799. The van der Waals surface area contributed by atoms with E-state index >= 15 is 0 Å². The number of carbonyl (C=O) groups excluding carboxylic acids is 1. The van der Waals surface area contributed by atoms with Gasteiger partial charge in [-0.15, -0.1) is 34.3 Å². The van der Waals surface area contributed by atoms with Crippen molar-refractivity contribution in [2.24, 2.45) is 0 Å². The van der Waals surface area contributed by atoms with Gasteiger partial charge in [0.1, 0.15) is 5.01 Å². The predicted molar refractivity (Wildman–Crippen MR) is 76.3 cm³/mol. The molecule has 0 aliphatic carbocycles. The molecule has 1 amide bonds. The highest BCUT2D eigenvalue weighted by molar-refractivity contribution is 7.10. The Morgan fingerprint density at radius 2 is 2.39 bits per heavy atom. The molecular weight excluding hydrogens is 288 g/mol. The lowest BCUT2D eigenvalue weighted by Crippen LogP contribution is -2.27. The third-order valence-corrected chi connectivity index (χ3v) is 4.62. The van der Waals surface area contributed by atoms with Gasteiger partial charge in [-0.05, 0) is 18.4 Å². The Bertz CT molecular complexity index is 510. The van der Waals surface area contributed by atoms with Crippen LogP contribution in [0.1, 0.15) is 28.5 Å². The molecule has 2 aromatic heterocycles. The van der Waals surface area contributed by atoms with E-state index in [9.17, 15) is 4.79 Å². The van der Waals surface area contributed by atoms with Gasteiger partial charge in [-0.2, -0.15) is 0 Å². The summed E-state index contributed by atoms with van der Waals surface area (Å²) >= 11 is 8.79. The van der Waals surface area contributed by atoms with Crippen LogP contribution >= 0.6 is 34.3 Å². The van der Waals surface area contributed by atoms with Crippen LogP contribution in [-0.4, -0.2) is 10.9 Å². The van der Waals surface area contributed by atoms with Crippen LogP contribution in [0.2, 0.25) is 0 Å². The SMILES string of the molecule is CC(NC(=O)Cc1nc(CCl)cs1)c1cccs1. The number of thiophene rings is 1. The fourth-order valence-electron chi connectivity index (χ4n) is 1.53. The number of hydrogen-bond acceptors (Lipinski definition) is 4. The largest absolute Gasteiger partial charge is 0.348 e. The number of halogens is 1. The molecule has 18 heavy (non-hydrogen) atoms. The van der Waals surface area contributed by atoms with Crippen molar-refractivity contribution in [3.05, 3.63) is 38.5 Å². The van der Waals surface area contributed by atoms with Crippen molar-refractivity contribution in [2.75, 3.05) is 0 Å². The first-order chi connectivity index (χ1) is 8.69. The van der Waals surface area contributed by atoms with Crippen LogP contribution < -0.4 is 5.32 Å². The van der Waals surface area contributed by atoms with Gasteiger partial charge in [-0.3, -0.25) is 4.79 Å². The van der Waals surface area contributed by atoms with Crippen LogP contribution in [0.4, 0.5) is 0 Å². The summed E-state index contributed by atoms with van der Waals surface area (Å²) in [5, 5.41) is 7.66. The van der Waals surface area contributed by atoms with Gasteiger partial charge in [0.15, 0.2) is 0 Å². The van der Waals surface area contributed by atoms with Crippen LogP contribution in [0.3, 0.4) is 0 Å². The van der Waals surface area contributed by atoms with Gasteiger partial charge >= 0.3 is 0 Å². The lowest BCUT2D eigenvalue weighted by molar-refractivity contribution is -0.121. The van der Waals surface area contributed by atoms with Crippen LogP contribution in [0.5, 0.6) is 0 Å². The number of amides is 1. The third kappa shape index (κ3) is 3.54. The molecule has 96 valence electrons. The molecule has 0 aliphatic rings. The molecule has 0 bridgehead atoms. The van der Waals surface area contributed by atoms with Crippen molar-refractivity contribution in [1.29, 1.82) is 0 Å². The smallest absolute Gasteiger partial charge is 0.227 e. The first-order valence-electron chi connectivity index (χ1n) is 5.51. The van der Waals surface area contributed by atoms with Gasteiger partial charge in [-0.25, -0.2) is 4.98 Å². The standard InChI is InChI=1S/C12H13ClN2OS2/c1-8(10-3-2-4-17-10)14-11(16)5-12-15-9(6-13)7-18-12/h2-4,7-8H,5-6H2,1H3,(H,14,16). The maximum absolute atomic E-state index is 11.8. The summed E-state index contributed by atoms with van der Waals surface area (Å²) in [7, 11) is 0. The van der Waals surface area contributed by atoms with Crippen molar-refractivity contribution >= 4 is 40.2 Å². The summed E-state index contributed by atoms with van der Waals surface area (Å²) in [5.74, 6) is 0.385. The van der Waals surface area contributed by atoms with Gasteiger partial charge in [0.2, 0.25) is 5.91 Å². The van der Waals surface area contributed by atoms with E-state index in [1.165, 1.54) is 11.3 Å². The normalized spacial score (nSPS) is 12.3. The fraction of sp³-hybridized carbons (Fsp3) is 0.333. The van der Waals surface area contributed by atoms with Crippen molar-refractivity contribution < 1.29 is 4.79 Å². The molecule has 0 radical (unpaired) electrons. The molecule has 1 unspecified atom stereocenters. The summed E-state index contributed by atoms with van der Waals surface area (Å²) in [6.45, 7) is 1.98. The average molecular weight is 301 g/mol. The van der Waals surface area contributed by atoms with Gasteiger partial charge in [0.05, 0.1) is 24.0 Å². The van der Waals surface area contributed by atoms with Gasteiger partial charge in [0, 0.05) is 10.3 Å². The Labute approximate surface area is 119 Å². The van der Waals surface area contributed by atoms with Crippen LogP contribution in [-0.2, 0) is 17.1 Å². The van der Waals surface area contributed by atoms with Crippen molar-refractivity contribution in [1.82, 2.24) is 10.3 Å². The lowest BCUT2D eigenvalue weighted by atomic mass is 10.2.